The SMILES string of the molecule is CN(C)c1ccc(NC(=O)c2cccc(O)c2O)cc1. The van der Waals surface area contributed by atoms with Crippen LogP contribution in [-0.2, 0) is 0 Å². The van der Waals surface area contributed by atoms with Crippen LogP contribution < -0.4 is 10.2 Å². The van der Waals surface area contributed by atoms with Gasteiger partial charge in [0.15, 0.2) is 11.5 Å². The molecule has 0 aliphatic rings. The molecule has 104 valence electrons. The van der Waals surface area contributed by atoms with Crippen LogP contribution in [0.15, 0.2) is 42.5 Å². The van der Waals surface area contributed by atoms with Gasteiger partial charge in [0.05, 0.1) is 5.56 Å². The summed E-state index contributed by atoms with van der Waals surface area (Å²) in [5.41, 5.74) is 1.66. The molecule has 0 unspecified atom stereocenters. The van der Waals surface area contributed by atoms with E-state index in [1.807, 2.05) is 31.1 Å². The van der Waals surface area contributed by atoms with Crippen LogP contribution in [0.1, 0.15) is 10.4 Å². The van der Waals surface area contributed by atoms with Crippen LogP contribution in [0.5, 0.6) is 11.5 Å². The molecule has 2 aromatic carbocycles. The van der Waals surface area contributed by atoms with Crippen molar-refractivity contribution in [1.82, 2.24) is 0 Å². The predicted molar refractivity (Wildman–Crippen MR) is 78.5 cm³/mol. The van der Waals surface area contributed by atoms with Gasteiger partial charge in [-0.3, -0.25) is 4.79 Å². The molecule has 0 atom stereocenters. The minimum Gasteiger partial charge on any atom is -0.504 e. The molecule has 2 rings (SSSR count). The molecule has 0 bridgehead atoms. The van der Waals surface area contributed by atoms with Gasteiger partial charge in [-0.1, -0.05) is 6.07 Å². The van der Waals surface area contributed by atoms with Crippen LogP contribution in [0.2, 0.25) is 0 Å². The molecule has 0 aromatic heterocycles. The molecule has 0 aliphatic carbocycles. The Kier molecular flexibility index (Phi) is 3.79. The molecular formula is C15H16N2O3. The van der Waals surface area contributed by atoms with E-state index in [0.717, 1.165) is 5.69 Å². The molecule has 0 heterocycles. The fourth-order valence-electron chi connectivity index (χ4n) is 1.76. The topological polar surface area (TPSA) is 72.8 Å². The number of amides is 1. The van der Waals surface area contributed by atoms with Crippen molar-refractivity contribution in [2.75, 3.05) is 24.3 Å². The maximum absolute atomic E-state index is 12.0. The van der Waals surface area contributed by atoms with Crippen LogP contribution in [-0.4, -0.2) is 30.2 Å². The zero-order chi connectivity index (χ0) is 14.7. The second-order valence-corrected chi connectivity index (χ2v) is 4.57. The van der Waals surface area contributed by atoms with E-state index in [2.05, 4.69) is 5.32 Å². The van der Waals surface area contributed by atoms with Crippen molar-refractivity contribution < 1.29 is 15.0 Å². The van der Waals surface area contributed by atoms with Gasteiger partial charge in [-0.05, 0) is 36.4 Å². The minimum atomic E-state index is -0.476. The van der Waals surface area contributed by atoms with E-state index < -0.39 is 11.7 Å². The third kappa shape index (κ3) is 2.83. The lowest BCUT2D eigenvalue weighted by Crippen LogP contribution is -2.12. The van der Waals surface area contributed by atoms with Gasteiger partial charge in [-0.15, -0.1) is 0 Å². The zero-order valence-electron chi connectivity index (χ0n) is 11.3. The summed E-state index contributed by atoms with van der Waals surface area (Å²) in [4.78, 5) is 14.0. The van der Waals surface area contributed by atoms with Gasteiger partial charge in [-0.2, -0.15) is 0 Å². The summed E-state index contributed by atoms with van der Waals surface area (Å²) in [5.74, 6) is -1.22. The molecule has 5 heteroatoms. The quantitative estimate of drug-likeness (QED) is 0.750. The molecule has 0 saturated heterocycles. The zero-order valence-corrected chi connectivity index (χ0v) is 11.3. The van der Waals surface area contributed by atoms with Gasteiger partial charge in [0, 0.05) is 25.5 Å². The monoisotopic (exact) mass is 272 g/mol. The number of benzene rings is 2. The molecule has 0 saturated carbocycles. The summed E-state index contributed by atoms with van der Waals surface area (Å²) in [6.07, 6.45) is 0. The molecule has 2 aromatic rings. The lowest BCUT2D eigenvalue weighted by molar-refractivity contribution is 0.102. The third-order valence-electron chi connectivity index (χ3n) is 2.90. The van der Waals surface area contributed by atoms with Gasteiger partial charge in [-0.25, -0.2) is 0 Å². The van der Waals surface area contributed by atoms with Gasteiger partial charge in [0.25, 0.3) is 5.91 Å². The Labute approximate surface area is 117 Å². The second kappa shape index (κ2) is 5.52. The average Bonchev–Trinajstić information content (AvgIpc) is 2.42. The summed E-state index contributed by atoms with van der Waals surface area (Å²) in [5, 5.41) is 21.7. The Bertz CT molecular complexity index is 622. The molecule has 0 fully saturated rings. The van der Waals surface area contributed by atoms with Crippen LogP contribution in [0.3, 0.4) is 0 Å². The van der Waals surface area contributed by atoms with Crippen LogP contribution in [0.4, 0.5) is 11.4 Å². The number of nitrogens with zero attached hydrogens (tertiary/aromatic N) is 1. The molecule has 1 amide bonds. The van der Waals surface area contributed by atoms with Gasteiger partial charge >= 0.3 is 0 Å². The highest BCUT2D eigenvalue weighted by molar-refractivity contribution is 6.06. The average molecular weight is 272 g/mol. The van der Waals surface area contributed by atoms with Gasteiger partial charge in [0.1, 0.15) is 0 Å². The van der Waals surface area contributed by atoms with Crippen molar-refractivity contribution in [1.29, 1.82) is 0 Å². The molecule has 3 N–H and O–H groups in total. The number of hydrogen-bond acceptors (Lipinski definition) is 4. The van der Waals surface area contributed by atoms with Crippen molar-refractivity contribution in [3.63, 3.8) is 0 Å². The van der Waals surface area contributed by atoms with Crippen molar-refractivity contribution >= 4 is 17.3 Å². The second-order valence-electron chi connectivity index (χ2n) is 4.57. The Morgan fingerprint density at radius 3 is 2.30 bits per heavy atom. The summed E-state index contributed by atoms with van der Waals surface area (Å²) in [6.45, 7) is 0. The highest BCUT2D eigenvalue weighted by Gasteiger charge is 2.13. The van der Waals surface area contributed by atoms with Crippen LogP contribution in [0, 0.1) is 0 Å². The maximum Gasteiger partial charge on any atom is 0.259 e. The van der Waals surface area contributed by atoms with E-state index in [0.29, 0.717) is 5.69 Å². The lowest BCUT2D eigenvalue weighted by atomic mass is 10.1. The van der Waals surface area contributed by atoms with Crippen molar-refractivity contribution in [3.05, 3.63) is 48.0 Å². The molecule has 20 heavy (non-hydrogen) atoms. The number of anilines is 2. The Hall–Kier alpha value is -2.69. The highest BCUT2D eigenvalue weighted by Crippen LogP contribution is 2.28. The van der Waals surface area contributed by atoms with Crippen LogP contribution in [0.25, 0.3) is 0 Å². The largest absolute Gasteiger partial charge is 0.504 e. The number of phenols is 2. The number of carbonyl (C=O) groups is 1. The minimum absolute atomic E-state index is 0.0293. The highest BCUT2D eigenvalue weighted by atomic mass is 16.3. The molecule has 0 radical (unpaired) electrons. The first-order valence-electron chi connectivity index (χ1n) is 6.08. The van der Waals surface area contributed by atoms with E-state index in [1.54, 1.807) is 12.1 Å². The number of rotatable bonds is 3. The first-order chi connectivity index (χ1) is 9.49. The first kappa shape index (κ1) is 13.7. The Balaban J connectivity index is 2.17. The number of phenolic OH excluding ortho intramolecular Hbond substituents is 2. The fourth-order valence-corrected chi connectivity index (χ4v) is 1.76. The smallest absolute Gasteiger partial charge is 0.259 e. The van der Waals surface area contributed by atoms with E-state index in [9.17, 15) is 15.0 Å². The van der Waals surface area contributed by atoms with Gasteiger partial charge in [0.2, 0.25) is 0 Å². The Morgan fingerprint density at radius 1 is 1.05 bits per heavy atom. The molecule has 5 nitrogen and oxygen atoms in total. The summed E-state index contributed by atoms with van der Waals surface area (Å²) >= 11 is 0. The molecule has 0 spiro atoms. The summed E-state index contributed by atoms with van der Waals surface area (Å²) in [7, 11) is 3.86. The van der Waals surface area contributed by atoms with E-state index in [4.69, 9.17) is 0 Å². The van der Waals surface area contributed by atoms with Crippen LogP contribution >= 0.6 is 0 Å². The summed E-state index contributed by atoms with van der Waals surface area (Å²) in [6, 6.07) is 11.5. The van der Waals surface area contributed by atoms with E-state index in [1.165, 1.54) is 18.2 Å². The van der Waals surface area contributed by atoms with E-state index in [-0.39, 0.29) is 11.3 Å². The third-order valence-corrected chi connectivity index (χ3v) is 2.90. The Morgan fingerprint density at radius 2 is 1.70 bits per heavy atom. The van der Waals surface area contributed by atoms with E-state index >= 15 is 0 Å². The normalized spacial score (nSPS) is 10.1. The molecular weight excluding hydrogens is 256 g/mol. The lowest BCUT2D eigenvalue weighted by Gasteiger charge is -2.13. The fraction of sp³-hybridized carbons (Fsp3) is 0.133. The summed E-state index contributed by atoms with van der Waals surface area (Å²) < 4.78 is 0. The first-order valence-corrected chi connectivity index (χ1v) is 6.08. The van der Waals surface area contributed by atoms with Crippen molar-refractivity contribution in [3.8, 4) is 11.5 Å². The van der Waals surface area contributed by atoms with Crippen molar-refractivity contribution in [2.24, 2.45) is 0 Å². The number of hydrogen-bond donors (Lipinski definition) is 3. The maximum atomic E-state index is 12.0. The van der Waals surface area contributed by atoms with Gasteiger partial charge < -0.3 is 20.4 Å². The standard InChI is InChI=1S/C15H16N2O3/c1-17(2)11-8-6-10(7-9-11)16-15(20)12-4-3-5-13(18)14(12)19/h3-9,18-19H,1-2H3,(H,16,20). The number of aromatic hydroxyl groups is 2. The molecule has 0 aliphatic heterocycles. The number of nitrogens with one attached hydrogen (secondary N) is 1. The predicted octanol–water partition coefficient (Wildman–Crippen LogP) is 2.42. The van der Waals surface area contributed by atoms with Crippen molar-refractivity contribution in [2.45, 2.75) is 0 Å². The number of para-hydroxylation sites is 1. The number of carbonyl (C=O) groups excluding carboxylic acids is 1.